The van der Waals surface area contributed by atoms with E-state index >= 15 is 0 Å². The van der Waals surface area contributed by atoms with Crippen molar-refractivity contribution in [1.29, 1.82) is 0 Å². The second-order valence-corrected chi connectivity index (χ2v) is 6.42. The summed E-state index contributed by atoms with van der Waals surface area (Å²) in [5.41, 5.74) is 4.22. The Bertz CT molecular complexity index is 898. The molecule has 0 heterocycles. The molecule has 8 heteroatoms. The first-order valence-corrected chi connectivity index (χ1v) is 9.77. The molecule has 2 aromatic rings. The number of para-hydroxylation sites is 1. The first-order chi connectivity index (χ1) is 14.5. The van der Waals surface area contributed by atoms with E-state index < -0.39 is 17.6 Å². The quantitative estimate of drug-likeness (QED) is 0.460. The first kappa shape index (κ1) is 22.9. The Morgan fingerprint density at radius 2 is 1.80 bits per heavy atom. The SMILES string of the molecule is CCN(CC)c1ccc(C=NNC(=O)CCC(=O)Nc2ccccc2F)c(OC)c1. The zero-order valence-corrected chi connectivity index (χ0v) is 17.4. The van der Waals surface area contributed by atoms with E-state index in [1.54, 1.807) is 13.2 Å². The van der Waals surface area contributed by atoms with Crippen molar-refractivity contribution in [3.63, 3.8) is 0 Å². The number of carbonyl (C=O) groups excluding carboxylic acids is 2. The number of amides is 2. The molecule has 160 valence electrons. The van der Waals surface area contributed by atoms with Crippen LogP contribution in [0, 0.1) is 5.82 Å². The van der Waals surface area contributed by atoms with Crippen LogP contribution < -0.4 is 20.4 Å². The maximum atomic E-state index is 13.5. The second-order valence-electron chi connectivity index (χ2n) is 6.42. The van der Waals surface area contributed by atoms with Gasteiger partial charge >= 0.3 is 0 Å². The Balaban J connectivity index is 1.86. The summed E-state index contributed by atoms with van der Waals surface area (Å²) >= 11 is 0. The summed E-state index contributed by atoms with van der Waals surface area (Å²) in [4.78, 5) is 26.0. The Labute approximate surface area is 175 Å². The zero-order valence-electron chi connectivity index (χ0n) is 17.4. The van der Waals surface area contributed by atoms with Crippen LogP contribution in [0.1, 0.15) is 32.3 Å². The Kier molecular flexibility index (Phi) is 8.80. The smallest absolute Gasteiger partial charge is 0.240 e. The largest absolute Gasteiger partial charge is 0.496 e. The third-order valence-corrected chi connectivity index (χ3v) is 4.47. The number of methoxy groups -OCH3 is 1. The molecule has 0 fully saturated rings. The fourth-order valence-corrected chi connectivity index (χ4v) is 2.82. The molecule has 0 spiro atoms. The van der Waals surface area contributed by atoms with Gasteiger partial charge < -0.3 is 15.0 Å². The van der Waals surface area contributed by atoms with Gasteiger partial charge in [0, 0.05) is 43.2 Å². The minimum Gasteiger partial charge on any atom is -0.496 e. The molecule has 30 heavy (non-hydrogen) atoms. The summed E-state index contributed by atoms with van der Waals surface area (Å²) in [6.07, 6.45) is 1.33. The fraction of sp³-hybridized carbons (Fsp3) is 0.318. The number of nitrogens with one attached hydrogen (secondary N) is 2. The predicted octanol–water partition coefficient (Wildman–Crippen LogP) is 3.55. The molecule has 0 aliphatic carbocycles. The van der Waals surface area contributed by atoms with E-state index in [1.807, 2.05) is 18.2 Å². The maximum absolute atomic E-state index is 13.5. The Morgan fingerprint density at radius 1 is 1.10 bits per heavy atom. The highest BCUT2D eigenvalue weighted by Crippen LogP contribution is 2.24. The minimum atomic E-state index is -0.527. The fourth-order valence-electron chi connectivity index (χ4n) is 2.82. The molecule has 0 aromatic heterocycles. The van der Waals surface area contributed by atoms with Gasteiger partial charge in [0.15, 0.2) is 0 Å². The Morgan fingerprint density at radius 3 is 2.47 bits per heavy atom. The molecule has 0 atom stereocenters. The van der Waals surface area contributed by atoms with Crippen molar-refractivity contribution in [2.75, 3.05) is 30.4 Å². The van der Waals surface area contributed by atoms with E-state index in [0.29, 0.717) is 11.3 Å². The van der Waals surface area contributed by atoms with Crippen LogP contribution in [0.4, 0.5) is 15.8 Å². The van der Waals surface area contributed by atoms with Gasteiger partial charge in [0.1, 0.15) is 11.6 Å². The van der Waals surface area contributed by atoms with Gasteiger partial charge in [-0.2, -0.15) is 5.10 Å². The van der Waals surface area contributed by atoms with Gasteiger partial charge in [-0.05, 0) is 38.1 Å². The van der Waals surface area contributed by atoms with E-state index in [4.69, 9.17) is 4.74 Å². The van der Waals surface area contributed by atoms with E-state index in [9.17, 15) is 14.0 Å². The van der Waals surface area contributed by atoms with E-state index in [-0.39, 0.29) is 18.5 Å². The maximum Gasteiger partial charge on any atom is 0.240 e. The average Bonchev–Trinajstić information content (AvgIpc) is 2.75. The number of anilines is 2. The topological polar surface area (TPSA) is 83.0 Å². The average molecular weight is 414 g/mol. The summed E-state index contributed by atoms with van der Waals surface area (Å²) in [7, 11) is 1.57. The molecule has 2 amide bonds. The summed E-state index contributed by atoms with van der Waals surface area (Å²) in [6.45, 7) is 5.93. The number of rotatable bonds is 10. The van der Waals surface area contributed by atoms with Crippen LogP contribution in [-0.2, 0) is 9.59 Å². The summed E-state index contributed by atoms with van der Waals surface area (Å²) in [5, 5.41) is 6.36. The van der Waals surface area contributed by atoms with Gasteiger partial charge in [-0.3, -0.25) is 9.59 Å². The molecular formula is C22H27FN4O3. The monoisotopic (exact) mass is 414 g/mol. The highest BCUT2D eigenvalue weighted by molar-refractivity contribution is 5.93. The summed E-state index contributed by atoms with van der Waals surface area (Å²) in [5.74, 6) is -0.760. The molecule has 0 radical (unpaired) electrons. The van der Waals surface area contributed by atoms with Gasteiger partial charge in [-0.25, -0.2) is 9.82 Å². The lowest BCUT2D eigenvalue weighted by Gasteiger charge is -2.21. The van der Waals surface area contributed by atoms with Crippen LogP contribution in [0.25, 0.3) is 0 Å². The standard InChI is InChI=1S/C22H27FN4O3/c1-4-27(5-2)17-11-10-16(20(14-17)30-3)15-24-26-22(29)13-12-21(28)25-19-9-7-6-8-18(19)23/h6-11,14-15H,4-5,12-13H2,1-3H3,(H,25,28)(H,26,29). The van der Waals surface area contributed by atoms with Gasteiger partial charge in [0.05, 0.1) is 19.0 Å². The van der Waals surface area contributed by atoms with Gasteiger partial charge in [-0.15, -0.1) is 0 Å². The van der Waals surface area contributed by atoms with E-state index in [1.165, 1.54) is 24.4 Å². The second kappa shape index (κ2) is 11.5. The van der Waals surface area contributed by atoms with Crippen LogP contribution in [0.2, 0.25) is 0 Å². The van der Waals surface area contributed by atoms with Crippen LogP contribution in [0.15, 0.2) is 47.6 Å². The van der Waals surface area contributed by atoms with Crippen molar-refractivity contribution in [3.05, 3.63) is 53.8 Å². The molecule has 0 aliphatic heterocycles. The number of halogens is 1. The molecule has 0 aliphatic rings. The number of hydrogen-bond acceptors (Lipinski definition) is 5. The molecule has 2 aromatic carbocycles. The minimum absolute atomic E-state index is 0.0738. The molecule has 0 bridgehead atoms. The molecule has 7 nitrogen and oxygen atoms in total. The number of hydrogen-bond donors (Lipinski definition) is 2. The van der Waals surface area contributed by atoms with Crippen molar-refractivity contribution < 1.29 is 18.7 Å². The zero-order chi connectivity index (χ0) is 21.9. The number of nitrogens with zero attached hydrogens (tertiary/aromatic N) is 2. The van der Waals surface area contributed by atoms with Gasteiger partial charge in [0.2, 0.25) is 11.8 Å². The lowest BCUT2D eigenvalue weighted by Crippen LogP contribution is -2.22. The lowest BCUT2D eigenvalue weighted by molar-refractivity contribution is -0.124. The van der Waals surface area contributed by atoms with Gasteiger partial charge in [0.25, 0.3) is 0 Å². The molecule has 2 rings (SSSR count). The third kappa shape index (κ3) is 6.58. The van der Waals surface area contributed by atoms with E-state index in [2.05, 4.69) is 34.6 Å². The molecule has 0 saturated heterocycles. The number of benzene rings is 2. The highest BCUT2D eigenvalue weighted by Gasteiger charge is 2.10. The third-order valence-electron chi connectivity index (χ3n) is 4.47. The van der Waals surface area contributed by atoms with Crippen molar-refractivity contribution >= 4 is 29.4 Å². The normalized spacial score (nSPS) is 10.7. The van der Waals surface area contributed by atoms with Crippen molar-refractivity contribution in [2.45, 2.75) is 26.7 Å². The molecule has 2 N–H and O–H groups in total. The number of hydrazone groups is 1. The van der Waals surface area contributed by atoms with Crippen LogP contribution >= 0.6 is 0 Å². The van der Waals surface area contributed by atoms with E-state index in [0.717, 1.165) is 18.8 Å². The molecule has 0 unspecified atom stereocenters. The predicted molar refractivity (Wildman–Crippen MR) is 117 cm³/mol. The van der Waals surface area contributed by atoms with Crippen LogP contribution in [-0.4, -0.2) is 38.2 Å². The van der Waals surface area contributed by atoms with Crippen LogP contribution in [0.3, 0.4) is 0 Å². The van der Waals surface area contributed by atoms with Crippen molar-refractivity contribution in [3.8, 4) is 5.75 Å². The number of carbonyl (C=O) groups is 2. The van der Waals surface area contributed by atoms with Gasteiger partial charge in [-0.1, -0.05) is 12.1 Å². The molecule has 0 saturated carbocycles. The van der Waals surface area contributed by atoms with Crippen molar-refractivity contribution in [2.24, 2.45) is 5.10 Å². The van der Waals surface area contributed by atoms with Crippen molar-refractivity contribution in [1.82, 2.24) is 5.43 Å². The highest BCUT2D eigenvalue weighted by atomic mass is 19.1. The summed E-state index contributed by atoms with van der Waals surface area (Å²) in [6, 6.07) is 11.6. The summed E-state index contributed by atoms with van der Waals surface area (Å²) < 4.78 is 18.9. The Hall–Kier alpha value is -3.42. The first-order valence-electron chi connectivity index (χ1n) is 9.77. The lowest BCUT2D eigenvalue weighted by atomic mass is 10.2. The molecular weight excluding hydrogens is 387 g/mol. The van der Waals surface area contributed by atoms with Crippen LogP contribution in [0.5, 0.6) is 5.75 Å². The number of ether oxygens (including phenoxy) is 1.